The minimum absolute atomic E-state index is 0.313. The third-order valence-electron chi connectivity index (χ3n) is 2.19. The van der Waals surface area contributed by atoms with E-state index in [9.17, 15) is 10.1 Å². The predicted octanol–water partition coefficient (Wildman–Crippen LogP) is 1.14. The molecule has 0 aliphatic rings. The van der Waals surface area contributed by atoms with Gasteiger partial charge in [0.2, 0.25) is 0 Å². The summed E-state index contributed by atoms with van der Waals surface area (Å²) in [5.41, 5.74) is 3.83. The summed E-state index contributed by atoms with van der Waals surface area (Å²) >= 11 is 0. The molecule has 0 aliphatic heterocycles. The second-order valence-corrected chi connectivity index (χ2v) is 3.48. The Hall–Kier alpha value is -2.64. The molecule has 0 unspecified atom stereocenters. The Kier molecular flexibility index (Phi) is 3.09. The molecule has 0 bridgehead atoms. The van der Waals surface area contributed by atoms with Gasteiger partial charge in [-0.25, -0.2) is 0 Å². The summed E-state index contributed by atoms with van der Waals surface area (Å²) in [6.45, 7) is 0. The zero-order valence-corrected chi connectivity index (χ0v) is 9.82. The van der Waals surface area contributed by atoms with E-state index in [1.54, 1.807) is 31.2 Å². The monoisotopic (exact) mass is 249 g/mol. The lowest BCUT2D eigenvalue weighted by molar-refractivity contribution is -0.401. The van der Waals surface area contributed by atoms with E-state index in [1.807, 2.05) is 0 Å². The highest BCUT2D eigenvalue weighted by Gasteiger charge is 2.17. The van der Waals surface area contributed by atoms with E-state index in [0.717, 1.165) is 0 Å². The first-order valence-electron chi connectivity index (χ1n) is 5.10. The first-order valence-corrected chi connectivity index (χ1v) is 5.10. The summed E-state index contributed by atoms with van der Waals surface area (Å²) in [6, 6.07) is 2.81. The number of nitro groups is 1. The summed E-state index contributed by atoms with van der Waals surface area (Å²) in [4.78, 5) is 9.97. The number of aryl methyl sites for hydroxylation is 1. The van der Waals surface area contributed by atoms with Crippen molar-refractivity contribution in [3.05, 3.63) is 34.0 Å². The Balaban J connectivity index is 2.42. The number of nitrogens with one attached hydrogen (secondary N) is 1. The molecule has 2 aromatic rings. The molecule has 0 aromatic carbocycles. The van der Waals surface area contributed by atoms with Crippen LogP contribution in [-0.4, -0.2) is 28.0 Å². The summed E-state index contributed by atoms with van der Waals surface area (Å²) < 4.78 is 6.69. The zero-order valence-electron chi connectivity index (χ0n) is 9.82. The highest BCUT2D eigenvalue weighted by molar-refractivity contribution is 5.87. The number of aromatic nitrogens is 2. The molecular formula is C10H11N5O3. The molecule has 0 saturated heterocycles. The van der Waals surface area contributed by atoms with E-state index in [0.29, 0.717) is 17.0 Å². The first-order chi connectivity index (χ1) is 8.61. The van der Waals surface area contributed by atoms with Gasteiger partial charge in [-0.15, -0.1) is 0 Å². The zero-order chi connectivity index (χ0) is 13.1. The lowest BCUT2D eigenvalue weighted by atomic mass is 10.2. The van der Waals surface area contributed by atoms with E-state index in [4.69, 9.17) is 4.42 Å². The van der Waals surface area contributed by atoms with Crippen LogP contribution in [-0.2, 0) is 7.05 Å². The van der Waals surface area contributed by atoms with Crippen LogP contribution in [0.2, 0.25) is 0 Å². The molecule has 2 rings (SSSR count). The largest absolute Gasteiger partial charge is 0.433 e. The maximum absolute atomic E-state index is 10.6. The van der Waals surface area contributed by atoms with Crippen LogP contribution in [0.5, 0.6) is 0 Å². The van der Waals surface area contributed by atoms with Crippen molar-refractivity contribution in [1.82, 2.24) is 15.2 Å². The van der Waals surface area contributed by atoms with Crippen LogP contribution in [0.25, 0.3) is 11.5 Å². The summed E-state index contributed by atoms with van der Waals surface area (Å²) in [7, 11) is 3.42. The van der Waals surface area contributed by atoms with Crippen LogP contribution in [0.4, 0.5) is 5.88 Å². The average molecular weight is 249 g/mol. The molecule has 2 heterocycles. The van der Waals surface area contributed by atoms with Gasteiger partial charge in [0.05, 0.1) is 12.3 Å². The van der Waals surface area contributed by atoms with Crippen molar-refractivity contribution in [2.45, 2.75) is 0 Å². The second-order valence-electron chi connectivity index (χ2n) is 3.48. The van der Waals surface area contributed by atoms with Crippen molar-refractivity contribution in [3.8, 4) is 11.5 Å². The Bertz CT molecular complexity index is 598. The van der Waals surface area contributed by atoms with Gasteiger partial charge in [0.1, 0.15) is 10.6 Å². The van der Waals surface area contributed by atoms with Gasteiger partial charge in [0, 0.05) is 25.9 Å². The fraction of sp³-hybridized carbons (Fsp3) is 0.200. The lowest BCUT2D eigenvalue weighted by Crippen LogP contribution is -1.94. The second kappa shape index (κ2) is 4.70. The molecule has 0 aliphatic carbocycles. The van der Waals surface area contributed by atoms with Crippen molar-refractivity contribution in [2.24, 2.45) is 12.1 Å². The molecule has 8 heteroatoms. The third kappa shape index (κ3) is 2.21. The Morgan fingerprint density at radius 2 is 2.39 bits per heavy atom. The van der Waals surface area contributed by atoms with Gasteiger partial charge in [-0.2, -0.15) is 10.2 Å². The van der Waals surface area contributed by atoms with Gasteiger partial charge in [-0.1, -0.05) is 0 Å². The first kappa shape index (κ1) is 11.8. The van der Waals surface area contributed by atoms with Gasteiger partial charge >= 0.3 is 5.88 Å². The van der Waals surface area contributed by atoms with E-state index in [1.165, 1.54) is 12.1 Å². The molecule has 0 saturated carbocycles. The van der Waals surface area contributed by atoms with Gasteiger partial charge in [0.15, 0.2) is 5.76 Å². The minimum Gasteiger partial charge on any atom is -0.399 e. The van der Waals surface area contributed by atoms with E-state index >= 15 is 0 Å². The van der Waals surface area contributed by atoms with Crippen LogP contribution >= 0.6 is 0 Å². The van der Waals surface area contributed by atoms with E-state index in [2.05, 4.69) is 15.6 Å². The maximum Gasteiger partial charge on any atom is 0.433 e. The standard InChI is InChI=1S/C10H11N5O3/c1-11-12-5-7-6-14(2)13-10(7)8-3-4-9(18-8)15(16)17/h3-6,11H,1-2H3. The molecule has 0 spiro atoms. The van der Waals surface area contributed by atoms with Crippen molar-refractivity contribution in [2.75, 3.05) is 7.05 Å². The number of hydrazone groups is 1. The average Bonchev–Trinajstić information content (AvgIpc) is 2.92. The highest BCUT2D eigenvalue weighted by Crippen LogP contribution is 2.26. The molecule has 94 valence electrons. The highest BCUT2D eigenvalue weighted by atomic mass is 16.6. The molecule has 0 fully saturated rings. The fourth-order valence-electron chi connectivity index (χ4n) is 1.48. The van der Waals surface area contributed by atoms with Gasteiger partial charge in [-0.3, -0.25) is 14.8 Å². The number of hydrogen-bond acceptors (Lipinski definition) is 6. The molecule has 8 nitrogen and oxygen atoms in total. The minimum atomic E-state index is -0.589. The van der Waals surface area contributed by atoms with Crippen molar-refractivity contribution in [1.29, 1.82) is 0 Å². The summed E-state index contributed by atoms with van der Waals surface area (Å²) in [5, 5.41) is 18.6. The molecule has 0 radical (unpaired) electrons. The van der Waals surface area contributed by atoms with Crippen LogP contribution in [0, 0.1) is 10.1 Å². The van der Waals surface area contributed by atoms with Crippen molar-refractivity contribution >= 4 is 12.1 Å². The van der Waals surface area contributed by atoms with Gasteiger partial charge < -0.3 is 9.84 Å². The number of furan rings is 1. The Labute approximate surface area is 102 Å². The number of hydrogen-bond donors (Lipinski definition) is 1. The van der Waals surface area contributed by atoms with Crippen molar-refractivity contribution in [3.63, 3.8) is 0 Å². The Morgan fingerprint density at radius 1 is 1.61 bits per heavy atom. The summed E-state index contributed by atoms with van der Waals surface area (Å²) in [6.07, 6.45) is 3.31. The van der Waals surface area contributed by atoms with E-state index < -0.39 is 4.92 Å². The Morgan fingerprint density at radius 3 is 3.00 bits per heavy atom. The third-order valence-corrected chi connectivity index (χ3v) is 2.19. The van der Waals surface area contributed by atoms with E-state index in [-0.39, 0.29) is 5.88 Å². The predicted molar refractivity (Wildman–Crippen MR) is 64.2 cm³/mol. The van der Waals surface area contributed by atoms with Crippen LogP contribution < -0.4 is 5.43 Å². The molecule has 2 aromatic heterocycles. The number of nitrogens with zero attached hydrogens (tertiary/aromatic N) is 4. The molecule has 0 atom stereocenters. The van der Waals surface area contributed by atoms with Crippen LogP contribution in [0.15, 0.2) is 27.8 Å². The fourth-order valence-corrected chi connectivity index (χ4v) is 1.48. The molecule has 0 amide bonds. The molecule has 18 heavy (non-hydrogen) atoms. The normalized spacial score (nSPS) is 11.0. The number of rotatable bonds is 4. The van der Waals surface area contributed by atoms with Crippen molar-refractivity contribution < 1.29 is 9.34 Å². The maximum atomic E-state index is 10.6. The SMILES string of the molecule is CNN=Cc1cn(C)nc1-c1ccc([N+](=O)[O-])o1. The lowest BCUT2D eigenvalue weighted by Gasteiger charge is -1.92. The van der Waals surface area contributed by atoms with Crippen LogP contribution in [0.3, 0.4) is 0 Å². The smallest absolute Gasteiger partial charge is 0.399 e. The molecular weight excluding hydrogens is 238 g/mol. The quantitative estimate of drug-likeness (QED) is 0.497. The summed E-state index contributed by atoms with van der Waals surface area (Å²) in [5.74, 6) is 0.0204. The topological polar surface area (TPSA) is 98.5 Å². The molecule has 1 N–H and O–H groups in total. The van der Waals surface area contributed by atoms with Crippen LogP contribution in [0.1, 0.15) is 5.56 Å². The van der Waals surface area contributed by atoms with Gasteiger partial charge in [-0.05, 0) is 6.07 Å². The van der Waals surface area contributed by atoms with Gasteiger partial charge in [0.25, 0.3) is 0 Å².